The Morgan fingerprint density at radius 2 is 2.24 bits per heavy atom. The second kappa shape index (κ2) is 7.18. The number of Topliss-reactive ketones (excluding diaryl/α,β-unsaturated/α-hetero) is 1. The maximum absolute atomic E-state index is 14.1. The van der Waals surface area contributed by atoms with Crippen LogP contribution in [-0.2, 0) is 11.2 Å². The monoisotopic (exact) mass is 338 g/mol. The smallest absolute Gasteiger partial charge is 0.134 e. The van der Waals surface area contributed by atoms with E-state index >= 15 is 0 Å². The van der Waals surface area contributed by atoms with Crippen LogP contribution in [0.4, 0.5) is 10.1 Å². The van der Waals surface area contributed by atoms with Gasteiger partial charge in [-0.25, -0.2) is 9.38 Å². The summed E-state index contributed by atoms with van der Waals surface area (Å²) >= 11 is 0. The van der Waals surface area contributed by atoms with Crippen LogP contribution < -0.4 is 5.32 Å². The Balaban J connectivity index is 1.78. The summed E-state index contributed by atoms with van der Waals surface area (Å²) in [6.07, 6.45) is 7.14. The number of nitrogens with zero attached hydrogens (tertiary/aromatic N) is 1. The highest BCUT2D eigenvalue weighted by molar-refractivity contribution is 5.84. The van der Waals surface area contributed by atoms with Gasteiger partial charge < -0.3 is 5.32 Å². The van der Waals surface area contributed by atoms with E-state index in [-0.39, 0.29) is 18.0 Å². The fourth-order valence-electron chi connectivity index (χ4n) is 3.30. The number of benzene rings is 1. The van der Waals surface area contributed by atoms with Gasteiger partial charge in [0.2, 0.25) is 0 Å². The van der Waals surface area contributed by atoms with Gasteiger partial charge in [0.15, 0.2) is 0 Å². The molecule has 1 aromatic carbocycles. The van der Waals surface area contributed by atoms with Gasteiger partial charge in [0, 0.05) is 18.3 Å². The van der Waals surface area contributed by atoms with Crippen molar-refractivity contribution in [3.63, 3.8) is 0 Å². The molecule has 0 radical (unpaired) electrons. The van der Waals surface area contributed by atoms with Crippen LogP contribution in [0.25, 0.3) is 0 Å². The van der Waals surface area contributed by atoms with E-state index < -0.39 is 0 Å². The first-order valence-corrected chi connectivity index (χ1v) is 8.64. The van der Waals surface area contributed by atoms with Crippen molar-refractivity contribution in [1.82, 2.24) is 0 Å². The fourth-order valence-corrected chi connectivity index (χ4v) is 3.30. The van der Waals surface area contributed by atoms with Crippen LogP contribution in [0.3, 0.4) is 0 Å². The van der Waals surface area contributed by atoms with Gasteiger partial charge in [0.1, 0.15) is 17.4 Å². The van der Waals surface area contributed by atoms with Crippen molar-refractivity contribution in [3.8, 4) is 0 Å². The van der Waals surface area contributed by atoms with E-state index in [2.05, 4.69) is 23.8 Å². The zero-order valence-corrected chi connectivity index (χ0v) is 14.7. The van der Waals surface area contributed by atoms with Gasteiger partial charge in [-0.2, -0.15) is 0 Å². The topological polar surface area (TPSA) is 41.5 Å². The van der Waals surface area contributed by atoms with Crippen LogP contribution in [0, 0.1) is 11.7 Å². The predicted molar refractivity (Wildman–Crippen MR) is 100 cm³/mol. The molecule has 1 heterocycles. The van der Waals surface area contributed by atoms with Gasteiger partial charge in [0.05, 0.1) is 0 Å². The minimum atomic E-state index is -0.386. The molecule has 0 aromatic heterocycles. The van der Waals surface area contributed by atoms with Crippen LogP contribution in [0.1, 0.15) is 38.7 Å². The SMILES string of the molecule is C=C1C=C(Nc2ccc(CC(C)=O)c(F)c2)N=CC2=C1CC(C)CC2. The van der Waals surface area contributed by atoms with Gasteiger partial charge >= 0.3 is 0 Å². The van der Waals surface area contributed by atoms with Crippen molar-refractivity contribution in [2.24, 2.45) is 10.9 Å². The lowest BCUT2D eigenvalue weighted by atomic mass is 9.82. The third-order valence-electron chi connectivity index (χ3n) is 4.67. The lowest BCUT2D eigenvalue weighted by molar-refractivity contribution is -0.116. The molecule has 130 valence electrons. The molecule has 1 aromatic rings. The zero-order valence-electron chi connectivity index (χ0n) is 14.7. The van der Waals surface area contributed by atoms with E-state index in [1.54, 1.807) is 12.1 Å². The van der Waals surface area contributed by atoms with E-state index in [1.807, 2.05) is 12.3 Å². The molecule has 0 bridgehead atoms. The van der Waals surface area contributed by atoms with Crippen LogP contribution in [0.15, 0.2) is 58.4 Å². The molecule has 25 heavy (non-hydrogen) atoms. The summed E-state index contributed by atoms with van der Waals surface area (Å²) in [7, 11) is 0. The van der Waals surface area contributed by atoms with Crippen LogP contribution in [-0.4, -0.2) is 12.0 Å². The molecule has 1 atom stereocenters. The summed E-state index contributed by atoms with van der Waals surface area (Å²) in [5, 5.41) is 3.14. The van der Waals surface area contributed by atoms with Crippen LogP contribution in [0.5, 0.6) is 0 Å². The quantitative estimate of drug-likeness (QED) is 0.842. The average molecular weight is 338 g/mol. The number of ketones is 1. The minimum absolute atomic E-state index is 0.0575. The first-order chi connectivity index (χ1) is 11.9. The summed E-state index contributed by atoms with van der Waals surface area (Å²) in [6, 6.07) is 4.80. The Kier molecular flexibility index (Phi) is 4.98. The van der Waals surface area contributed by atoms with Crippen molar-refractivity contribution in [3.05, 3.63) is 64.8 Å². The molecule has 3 rings (SSSR count). The number of carbonyl (C=O) groups excluding carboxylic acids is 1. The fraction of sp³-hybridized carbons (Fsp3) is 0.333. The van der Waals surface area contributed by atoms with Crippen molar-refractivity contribution in [2.45, 2.75) is 39.5 Å². The number of allylic oxidation sites excluding steroid dienone is 4. The molecule has 1 aliphatic heterocycles. The Morgan fingerprint density at radius 3 is 2.96 bits per heavy atom. The van der Waals surface area contributed by atoms with Gasteiger partial charge in [0.25, 0.3) is 0 Å². The van der Waals surface area contributed by atoms with Crippen LogP contribution in [0.2, 0.25) is 0 Å². The Bertz CT molecular complexity index is 817. The number of anilines is 1. The summed E-state index contributed by atoms with van der Waals surface area (Å²) < 4.78 is 14.1. The Labute approximate surface area is 148 Å². The summed E-state index contributed by atoms with van der Waals surface area (Å²) in [6.45, 7) is 7.90. The summed E-state index contributed by atoms with van der Waals surface area (Å²) in [5.74, 6) is 0.863. The predicted octanol–water partition coefficient (Wildman–Crippen LogP) is 4.97. The number of hydrogen-bond donors (Lipinski definition) is 1. The molecule has 0 saturated heterocycles. The van der Waals surface area contributed by atoms with E-state index in [0.717, 1.165) is 18.4 Å². The van der Waals surface area contributed by atoms with Gasteiger partial charge in [-0.15, -0.1) is 0 Å². The number of nitrogens with one attached hydrogen (secondary N) is 1. The largest absolute Gasteiger partial charge is 0.340 e. The highest BCUT2D eigenvalue weighted by Crippen LogP contribution is 2.34. The van der Waals surface area contributed by atoms with E-state index in [4.69, 9.17) is 0 Å². The lowest BCUT2D eigenvalue weighted by Gasteiger charge is -2.22. The maximum atomic E-state index is 14.1. The molecule has 0 saturated carbocycles. The molecule has 0 amide bonds. The van der Waals surface area contributed by atoms with E-state index in [1.165, 1.54) is 30.6 Å². The minimum Gasteiger partial charge on any atom is -0.340 e. The molecule has 1 aliphatic carbocycles. The molecule has 1 N–H and O–H groups in total. The molecule has 4 heteroatoms. The summed E-state index contributed by atoms with van der Waals surface area (Å²) in [4.78, 5) is 15.7. The van der Waals surface area contributed by atoms with Gasteiger partial charge in [-0.1, -0.05) is 19.6 Å². The second-order valence-corrected chi connectivity index (χ2v) is 6.97. The van der Waals surface area contributed by atoms with Crippen molar-refractivity contribution in [1.29, 1.82) is 0 Å². The molecular weight excluding hydrogens is 315 g/mol. The molecule has 1 unspecified atom stereocenters. The van der Waals surface area contributed by atoms with Crippen molar-refractivity contribution < 1.29 is 9.18 Å². The number of carbonyl (C=O) groups is 1. The first kappa shape index (κ1) is 17.3. The molecule has 0 spiro atoms. The zero-order chi connectivity index (χ0) is 18.0. The van der Waals surface area contributed by atoms with Crippen molar-refractivity contribution >= 4 is 17.7 Å². The summed E-state index contributed by atoms with van der Waals surface area (Å²) in [5.41, 5.74) is 4.51. The standard InChI is InChI=1S/C21H23FN2O/c1-13-4-5-17-12-23-21(9-14(2)19(17)8-13)24-18-7-6-16(10-15(3)25)20(22)11-18/h6-7,9,11-13,24H,2,4-5,8,10H2,1,3H3. The van der Waals surface area contributed by atoms with Gasteiger partial charge in [-0.3, -0.25) is 4.79 Å². The highest BCUT2D eigenvalue weighted by atomic mass is 19.1. The number of halogens is 1. The van der Waals surface area contributed by atoms with Gasteiger partial charge in [-0.05, 0) is 72.6 Å². The first-order valence-electron chi connectivity index (χ1n) is 8.64. The number of rotatable bonds is 4. The lowest BCUT2D eigenvalue weighted by Crippen LogP contribution is -2.08. The normalized spacial score (nSPS) is 20.0. The molecule has 0 fully saturated rings. The van der Waals surface area contributed by atoms with E-state index in [0.29, 0.717) is 23.0 Å². The highest BCUT2D eigenvalue weighted by Gasteiger charge is 2.20. The second-order valence-electron chi connectivity index (χ2n) is 6.97. The Morgan fingerprint density at radius 1 is 1.44 bits per heavy atom. The van der Waals surface area contributed by atoms with Crippen molar-refractivity contribution in [2.75, 3.05) is 5.32 Å². The number of hydrogen-bond acceptors (Lipinski definition) is 3. The third kappa shape index (κ3) is 4.13. The Hall–Kier alpha value is -2.49. The van der Waals surface area contributed by atoms with E-state index in [9.17, 15) is 9.18 Å². The maximum Gasteiger partial charge on any atom is 0.134 e. The molecular formula is C21H23FN2O. The third-order valence-corrected chi connectivity index (χ3v) is 4.67. The van der Waals surface area contributed by atoms with Crippen LogP contribution >= 0.6 is 0 Å². The average Bonchev–Trinajstić information content (AvgIpc) is 2.69. The molecule has 2 aliphatic rings. The number of aliphatic imine (C=N–C) groups is 1. The molecule has 3 nitrogen and oxygen atoms in total.